The standard InChI is InChI=1S/2C46H65N4P2.3C6H5F.2CHF3O3S.4Pd/c2*1-31(2)51(32(3)4)45-27-37(11)17-21-43(45)49-41-19-15-35(9)25-39(41)29-47-23-13-14-24-48-30-40-26-36(10)16-20-42(40)50-44-22-18-38(12)28-46(44)52(33(5)6)34(7)8;3*7-6-4-2-1-3-5-6;2*2-1(3,4)8(5,6)7;;;;/h2*15-22,25-29,31-34,48,50H,13-14,23-24,30H2,1-12H3;3*1-5H;2*(H,5,6,7);;;;/q2*-1;;;;;;;;;/p+2. The van der Waals surface area contributed by atoms with Crippen molar-refractivity contribution in [1.29, 1.82) is 0 Å². The number of rotatable bonds is 36. The average molecular weight is 2490 g/mol. The summed E-state index contributed by atoms with van der Waals surface area (Å²) in [6, 6.07) is 78.0. The number of hydrogen-bond donors (Lipinski definition) is 4. The molecule has 11 aromatic carbocycles. The van der Waals surface area contributed by atoms with Gasteiger partial charge in [-0.15, -0.1) is 11.4 Å². The molecule has 11 aromatic rings. The van der Waals surface area contributed by atoms with Gasteiger partial charge in [-0.05, 0) is 334 Å². The van der Waals surface area contributed by atoms with Gasteiger partial charge in [-0.1, -0.05) is 185 Å². The van der Waals surface area contributed by atoms with Crippen molar-refractivity contribution in [2.75, 3.05) is 36.8 Å². The van der Waals surface area contributed by atoms with E-state index >= 15 is 0 Å². The smallest absolute Gasteiger partial charge is 0.485 e. The SMILES string of the molecule is Cc1ccc([N-]c2ccc(C)cc2[PH+](C(C)C)C(C)C)c(C=NCCCCNCc2cc(C)ccc2Nc2ccc(C)cc2[PH+](C(C)C)C(C)C)c1.Cc1ccc([N-]c2ccc(C)cc2[PH+](C(C)C)C(C)C)c(C=NCCCCNCc2cc(C)ccc2Nc2ccc(C)cc2[PH+](C(C)C)C(C)C)c1.Fc1ccccc1.Fc1ccccc1.Fc1ccccc1.O=S(=O)([O-])C(F)(F)F.O=S(=O)([O-])C(F)(F)F.[Pd].[Pd].[Pd].[Pd]. The van der Waals surface area contributed by atoms with Gasteiger partial charge in [0.05, 0.1) is 67.3 Å². The summed E-state index contributed by atoms with van der Waals surface area (Å²) in [5.74, 6) is -0.535. The molecular weight excluding hydrogens is 2340 g/mol. The number of anilines is 4. The Kier molecular flexibility index (Phi) is 64.3. The molecule has 0 aliphatic rings. The fourth-order valence-corrected chi connectivity index (χ4v) is 30.0. The molecule has 0 atom stereocenters. The minimum Gasteiger partial charge on any atom is -0.741 e. The van der Waals surface area contributed by atoms with Crippen LogP contribution in [0, 0.1) is 72.8 Å². The largest absolute Gasteiger partial charge is 0.741 e. The van der Waals surface area contributed by atoms with E-state index < -0.39 is 62.9 Å². The van der Waals surface area contributed by atoms with E-state index in [4.69, 9.17) is 46.6 Å². The molecular formula is C112H149F9N8O6P4Pd4S2. The van der Waals surface area contributed by atoms with Crippen LogP contribution in [-0.2, 0) is 115 Å². The molecule has 0 aliphatic carbocycles. The number of halogens is 9. The van der Waals surface area contributed by atoms with E-state index in [9.17, 15) is 39.5 Å². The molecule has 0 aliphatic heterocycles. The number of alkyl halides is 6. The van der Waals surface area contributed by atoms with Crippen molar-refractivity contribution < 1.29 is 147 Å². The molecule has 0 heterocycles. The molecule has 145 heavy (non-hydrogen) atoms. The van der Waals surface area contributed by atoms with Crippen LogP contribution in [0.4, 0.5) is 85.0 Å². The normalized spacial score (nSPS) is 11.5. The van der Waals surface area contributed by atoms with Crippen LogP contribution >= 0.6 is 31.7 Å². The van der Waals surface area contributed by atoms with Crippen LogP contribution in [0.15, 0.2) is 247 Å². The van der Waals surface area contributed by atoms with Gasteiger partial charge in [0, 0.05) is 163 Å². The maximum atomic E-state index is 11.9. The van der Waals surface area contributed by atoms with Gasteiger partial charge in [0.25, 0.3) is 0 Å². The zero-order valence-corrected chi connectivity index (χ0v) is 99.4. The molecule has 0 radical (unpaired) electrons. The van der Waals surface area contributed by atoms with Crippen LogP contribution in [0.2, 0.25) is 0 Å². The first-order valence-corrected chi connectivity index (χ1v) is 57.5. The van der Waals surface area contributed by atoms with Gasteiger partial charge in [-0.25, -0.2) is 30.0 Å². The summed E-state index contributed by atoms with van der Waals surface area (Å²) in [5, 5.41) is 31.7. The maximum Gasteiger partial charge on any atom is 0.485 e. The first kappa shape index (κ1) is 136. The van der Waals surface area contributed by atoms with E-state index in [0.29, 0.717) is 45.3 Å². The van der Waals surface area contributed by atoms with E-state index in [0.717, 1.165) is 98.8 Å². The summed E-state index contributed by atoms with van der Waals surface area (Å²) in [6.07, 6.45) is 8.32. The predicted molar refractivity (Wildman–Crippen MR) is 592 cm³/mol. The Morgan fingerprint density at radius 1 is 0.310 bits per heavy atom. The van der Waals surface area contributed by atoms with Crippen molar-refractivity contribution >= 4 is 131 Å². The van der Waals surface area contributed by atoms with Gasteiger partial charge < -0.3 is 41.0 Å². The van der Waals surface area contributed by atoms with E-state index in [1.807, 2.05) is 12.4 Å². The number of benzene rings is 11. The van der Waals surface area contributed by atoms with Gasteiger partial charge in [0.2, 0.25) is 0 Å². The van der Waals surface area contributed by atoms with E-state index in [1.54, 1.807) is 54.6 Å². The summed E-state index contributed by atoms with van der Waals surface area (Å²) in [7, 11) is -15.2. The molecule has 808 valence electrons. The number of nitrogens with one attached hydrogen (secondary N) is 4. The topological polar surface area (TPSA) is 215 Å². The van der Waals surface area contributed by atoms with Gasteiger partial charge in [0.1, 0.15) is 28.1 Å². The van der Waals surface area contributed by atoms with Crippen LogP contribution in [0.5, 0.6) is 0 Å². The molecule has 11 rings (SSSR count). The minimum atomic E-state index is -6.09. The van der Waals surface area contributed by atoms with Gasteiger partial charge in [-0.3, -0.25) is 9.98 Å². The molecule has 0 bridgehead atoms. The van der Waals surface area contributed by atoms with Gasteiger partial charge in [0.15, 0.2) is 20.2 Å². The number of nitrogens with zero attached hydrogens (tertiary/aromatic N) is 4. The molecule has 0 unspecified atom stereocenters. The number of hydrogen-bond acceptors (Lipinski definition) is 12. The third kappa shape index (κ3) is 49.6. The average Bonchev–Trinajstić information content (AvgIpc) is 0.814. The predicted octanol–water partition coefficient (Wildman–Crippen LogP) is 30.2. The second kappa shape index (κ2) is 68.4. The molecule has 0 aromatic heterocycles. The fraction of sp³-hybridized carbons (Fsp3) is 0.393. The van der Waals surface area contributed by atoms with Crippen LogP contribution in [0.25, 0.3) is 10.6 Å². The zero-order chi connectivity index (χ0) is 105. The summed E-state index contributed by atoms with van der Waals surface area (Å²) in [4.78, 5) is 9.76. The second-order valence-corrected chi connectivity index (χ2v) is 55.4. The molecule has 0 spiro atoms. The van der Waals surface area contributed by atoms with Gasteiger partial charge >= 0.3 is 11.0 Å². The minimum absolute atomic E-state index is 0. The Morgan fingerprint density at radius 3 is 0.772 bits per heavy atom. The first-order valence-electron chi connectivity index (χ1n) is 48.0. The Balaban J connectivity index is 0.00000104. The van der Waals surface area contributed by atoms with Crippen molar-refractivity contribution in [2.24, 2.45) is 9.98 Å². The van der Waals surface area contributed by atoms with Crippen molar-refractivity contribution in [3.05, 3.63) is 331 Å². The second-order valence-electron chi connectivity index (χ2n) is 37.6. The van der Waals surface area contributed by atoms with Gasteiger partial charge in [-0.2, -0.15) is 26.3 Å². The first-order chi connectivity index (χ1) is 66.2. The van der Waals surface area contributed by atoms with Crippen molar-refractivity contribution in [2.45, 2.75) is 261 Å². The van der Waals surface area contributed by atoms with E-state index in [-0.39, 0.29) is 99.1 Å². The van der Waals surface area contributed by atoms with Crippen molar-refractivity contribution in [1.82, 2.24) is 10.6 Å². The maximum absolute atomic E-state index is 11.9. The summed E-state index contributed by atoms with van der Waals surface area (Å²) >= 11 is 0. The molecule has 4 N–H and O–H groups in total. The Morgan fingerprint density at radius 2 is 0.531 bits per heavy atom. The van der Waals surface area contributed by atoms with Crippen molar-refractivity contribution in [3.8, 4) is 0 Å². The van der Waals surface area contributed by atoms with Crippen LogP contribution in [0.3, 0.4) is 0 Å². The quantitative estimate of drug-likeness (QED) is 0.00554. The molecule has 33 heteroatoms. The number of aliphatic imine (C=N–C) groups is 2. The molecule has 14 nitrogen and oxygen atoms in total. The van der Waals surface area contributed by atoms with Crippen molar-refractivity contribution in [3.63, 3.8) is 0 Å². The molecule has 0 amide bonds. The molecule has 0 saturated heterocycles. The number of unbranched alkanes of at least 4 members (excludes halogenated alkanes) is 2. The third-order valence-corrected chi connectivity index (χ3v) is 37.6. The molecule has 0 fully saturated rings. The monoisotopic (exact) mass is 2480 g/mol. The van der Waals surface area contributed by atoms with Crippen LogP contribution in [0.1, 0.15) is 203 Å². The van der Waals surface area contributed by atoms with Crippen LogP contribution < -0.4 is 42.5 Å². The summed E-state index contributed by atoms with van der Waals surface area (Å²) in [5.41, 5.74) is 18.3. The summed E-state index contributed by atoms with van der Waals surface area (Å²) in [6.45, 7) is 60.8. The van der Waals surface area contributed by atoms with E-state index in [2.05, 4.69) is 333 Å². The van der Waals surface area contributed by atoms with Crippen LogP contribution in [-0.4, -0.2) is 121 Å². The molecule has 0 saturated carbocycles. The Hall–Kier alpha value is -6.56. The fourth-order valence-electron chi connectivity index (χ4n) is 16.3. The zero-order valence-electron chi connectivity index (χ0n) is 87.6. The van der Waals surface area contributed by atoms with E-state index in [1.165, 1.54) is 136 Å². The number of aryl methyl sites for hydroxylation is 8. The summed E-state index contributed by atoms with van der Waals surface area (Å²) < 4.78 is 154. The third-order valence-electron chi connectivity index (χ3n) is 22.4. The Bertz CT molecular complexity index is 5520. The Labute approximate surface area is 920 Å².